The van der Waals surface area contributed by atoms with Gasteiger partial charge in [-0.15, -0.1) is 0 Å². The summed E-state index contributed by atoms with van der Waals surface area (Å²) in [7, 11) is 0. The first kappa shape index (κ1) is 12.7. The predicted molar refractivity (Wildman–Crippen MR) is 52.9 cm³/mol. The van der Waals surface area contributed by atoms with E-state index < -0.39 is 12.0 Å². The first-order chi connectivity index (χ1) is 5.70. The molecule has 0 saturated carbocycles. The van der Waals surface area contributed by atoms with Crippen molar-refractivity contribution in [3.63, 3.8) is 0 Å². The van der Waals surface area contributed by atoms with Crippen LogP contribution in [0.25, 0.3) is 0 Å². The summed E-state index contributed by atoms with van der Waals surface area (Å²) in [6, 6.07) is 8.54. The van der Waals surface area contributed by atoms with Crippen LogP contribution < -0.4 is 5.73 Å². The van der Waals surface area contributed by atoms with Crippen molar-refractivity contribution in [2.24, 2.45) is 5.73 Å². The summed E-state index contributed by atoms with van der Waals surface area (Å²) in [5, 5.41) is 8.52. The van der Waals surface area contributed by atoms with Crippen molar-refractivity contribution >= 4 is 35.5 Å². The third-order valence-electron chi connectivity index (χ3n) is 1.62. The molecule has 4 heteroatoms. The average molecular weight is 189 g/mol. The van der Waals surface area contributed by atoms with Crippen LogP contribution in [0.3, 0.4) is 0 Å². The van der Waals surface area contributed by atoms with Gasteiger partial charge in [-0.05, 0) is 12.0 Å². The predicted octanol–water partition coefficient (Wildman–Crippen LogP) is -0.00750. The summed E-state index contributed by atoms with van der Waals surface area (Å²) in [6.07, 6.45) is 0.385. The summed E-state index contributed by atoms with van der Waals surface area (Å²) in [5.41, 5.74) is 6.30. The van der Waals surface area contributed by atoms with Gasteiger partial charge in [-0.3, -0.25) is 4.79 Å². The van der Waals surface area contributed by atoms with Gasteiger partial charge in [-0.2, -0.15) is 0 Å². The maximum atomic E-state index is 10.4. The second-order valence-electron chi connectivity index (χ2n) is 2.63. The molecule has 0 radical (unpaired) electrons. The van der Waals surface area contributed by atoms with Crippen molar-refractivity contribution < 1.29 is 9.90 Å². The van der Waals surface area contributed by atoms with E-state index in [1.54, 1.807) is 0 Å². The Balaban J connectivity index is 0.00000144. The zero-order valence-corrected chi connectivity index (χ0v) is 6.60. The van der Waals surface area contributed by atoms with Gasteiger partial charge in [0.05, 0.1) is 0 Å². The summed E-state index contributed by atoms with van der Waals surface area (Å²) in [5.74, 6) is -0.959. The van der Waals surface area contributed by atoms with Crippen LogP contribution in [-0.4, -0.2) is 46.7 Å². The standard InChI is InChI=1S/C9H11NO2.Na.H/c10-8(9(11)12)6-7-4-2-1-3-5-7;;/h1-5,8H,6,10H2,(H,11,12);;/t8-;;/m1../s1. The molecule has 0 amide bonds. The van der Waals surface area contributed by atoms with E-state index in [0.29, 0.717) is 6.42 Å². The molecule has 13 heavy (non-hydrogen) atoms. The van der Waals surface area contributed by atoms with E-state index in [2.05, 4.69) is 0 Å². The monoisotopic (exact) mass is 189 g/mol. The molecule has 1 rings (SSSR count). The van der Waals surface area contributed by atoms with Crippen molar-refractivity contribution in [2.75, 3.05) is 0 Å². The van der Waals surface area contributed by atoms with Gasteiger partial charge in [0.25, 0.3) is 0 Å². The van der Waals surface area contributed by atoms with Gasteiger partial charge < -0.3 is 10.8 Å². The molecule has 3 N–H and O–H groups in total. The van der Waals surface area contributed by atoms with Crippen molar-refractivity contribution in [2.45, 2.75) is 12.5 Å². The quantitative estimate of drug-likeness (QED) is 0.657. The number of rotatable bonds is 3. The van der Waals surface area contributed by atoms with E-state index in [4.69, 9.17) is 10.8 Å². The molecule has 1 aromatic carbocycles. The number of hydrogen-bond acceptors (Lipinski definition) is 2. The van der Waals surface area contributed by atoms with Gasteiger partial charge >= 0.3 is 35.5 Å². The normalized spacial score (nSPS) is 11.5. The molecule has 0 aliphatic rings. The van der Waals surface area contributed by atoms with E-state index in [-0.39, 0.29) is 29.6 Å². The average Bonchev–Trinajstić information content (AvgIpc) is 2.06. The molecule has 1 aromatic rings. The van der Waals surface area contributed by atoms with Crippen LogP contribution >= 0.6 is 0 Å². The Morgan fingerprint density at radius 2 is 1.92 bits per heavy atom. The van der Waals surface area contributed by atoms with Gasteiger partial charge in [-0.25, -0.2) is 0 Å². The Hall–Kier alpha value is -0.350. The van der Waals surface area contributed by atoms with Crippen molar-refractivity contribution in [3.05, 3.63) is 35.9 Å². The molecule has 0 bridgehead atoms. The zero-order chi connectivity index (χ0) is 8.97. The number of aliphatic carboxylic acids is 1. The molecule has 0 aliphatic heterocycles. The van der Waals surface area contributed by atoms with Crippen molar-refractivity contribution in [1.29, 1.82) is 0 Å². The van der Waals surface area contributed by atoms with Crippen LogP contribution in [0.1, 0.15) is 5.56 Å². The van der Waals surface area contributed by atoms with Gasteiger partial charge in [0.1, 0.15) is 6.04 Å². The van der Waals surface area contributed by atoms with Crippen LogP contribution in [0, 0.1) is 0 Å². The number of nitrogens with two attached hydrogens (primary N) is 1. The van der Waals surface area contributed by atoms with Crippen LogP contribution in [0.4, 0.5) is 0 Å². The Morgan fingerprint density at radius 3 is 2.38 bits per heavy atom. The number of hydrogen-bond donors (Lipinski definition) is 2. The van der Waals surface area contributed by atoms with E-state index in [9.17, 15) is 4.79 Å². The van der Waals surface area contributed by atoms with Crippen LogP contribution in [0.2, 0.25) is 0 Å². The Bertz CT molecular complexity index is 264. The summed E-state index contributed by atoms with van der Waals surface area (Å²) < 4.78 is 0. The molecule has 3 nitrogen and oxygen atoms in total. The topological polar surface area (TPSA) is 63.3 Å². The second-order valence-corrected chi connectivity index (χ2v) is 2.63. The molecule has 0 aromatic heterocycles. The van der Waals surface area contributed by atoms with Crippen LogP contribution in [0.5, 0.6) is 0 Å². The van der Waals surface area contributed by atoms with E-state index in [1.807, 2.05) is 30.3 Å². The summed E-state index contributed by atoms with van der Waals surface area (Å²) in [4.78, 5) is 10.4. The molecule has 0 fully saturated rings. The molecule has 1 atom stereocenters. The van der Waals surface area contributed by atoms with E-state index >= 15 is 0 Å². The first-order valence-electron chi connectivity index (χ1n) is 3.72. The van der Waals surface area contributed by atoms with Crippen molar-refractivity contribution in [3.8, 4) is 0 Å². The van der Waals surface area contributed by atoms with Gasteiger partial charge in [0.2, 0.25) is 0 Å². The maximum absolute atomic E-state index is 10.4. The number of carboxylic acids is 1. The fourth-order valence-electron chi connectivity index (χ4n) is 0.955. The molecule has 0 saturated heterocycles. The van der Waals surface area contributed by atoms with Crippen LogP contribution in [-0.2, 0) is 11.2 Å². The molecular formula is C9H12NNaO2. The van der Waals surface area contributed by atoms with Crippen LogP contribution in [0.15, 0.2) is 30.3 Å². The Labute approximate surface area is 99.2 Å². The zero-order valence-electron chi connectivity index (χ0n) is 6.60. The molecule has 0 spiro atoms. The summed E-state index contributed by atoms with van der Waals surface area (Å²) >= 11 is 0. The first-order valence-corrected chi connectivity index (χ1v) is 3.72. The number of carboxylic acid groups (broad SMARTS) is 1. The number of benzene rings is 1. The second kappa shape index (κ2) is 6.16. The van der Waals surface area contributed by atoms with Crippen molar-refractivity contribution in [1.82, 2.24) is 0 Å². The molecule has 0 unspecified atom stereocenters. The molecule has 66 valence electrons. The van der Waals surface area contributed by atoms with Gasteiger partial charge in [0, 0.05) is 0 Å². The van der Waals surface area contributed by atoms with E-state index in [1.165, 1.54) is 0 Å². The fourth-order valence-corrected chi connectivity index (χ4v) is 0.955. The third kappa shape index (κ3) is 4.43. The minimum absolute atomic E-state index is 0. The Kier molecular flexibility index (Phi) is 5.99. The van der Waals surface area contributed by atoms with Gasteiger partial charge in [0.15, 0.2) is 0 Å². The SMILES string of the molecule is N[C@H](Cc1ccccc1)C(=O)O.[NaH]. The molecular weight excluding hydrogens is 177 g/mol. The Morgan fingerprint density at radius 1 is 1.38 bits per heavy atom. The molecule has 0 heterocycles. The summed E-state index contributed by atoms with van der Waals surface area (Å²) in [6.45, 7) is 0. The minimum atomic E-state index is -0.959. The van der Waals surface area contributed by atoms with E-state index in [0.717, 1.165) is 5.56 Å². The fraction of sp³-hybridized carbons (Fsp3) is 0.222. The third-order valence-corrected chi connectivity index (χ3v) is 1.62. The molecule has 0 aliphatic carbocycles. The number of carbonyl (C=O) groups is 1. The van der Waals surface area contributed by atoms with Gasteiger partial charge in [-0.1, -0.05) is 30.3 Å².